The second-order valence-corrected chi connectivity index (χ2v) is 7.66. The zero-order valence-corrected chi connectivity index (χ0v) is 15.3. The molecular formula is C19H23N5S. The molecule has 1 atom stereocenters. The molecule has 5 nitrogen and oxygen atoms in total. The Balaban J connectivity index is 1.50. The highest BCUT2D eigenvalue weighted by Gasteiger charge is 2.19. The molecule has 0 N–H and O–H groups in total. The van der Waals surface area contributed by atoms with Crippen molar-refractivity contribution in [3.63, 3.8) is 0 Å². The molecule has 0 spiro atoms. The fourth-order valence-corrected chi connectivity index (χ4v) is 4.50. The summed E-state index contributed by atoms with van der Waals surface area (Å²) in [6.07, 6.45) is 8.77. The Bertz CT molecular complexity index is 832. The number of hydrogen-bond acceptors (Lipinski definition) is 5. The van der Waals surface area contributed by atoms with Crippen molar-refractivity contribution < 1.29 is 0 Å². The Labute approximate surface area is 152 Å². The van der Waals surface area contributed by atoms with E-state index in [1.165, 1.54) is 32.2 Å². The second kappa shape index (κ2) is 7.54. The number of likely N-dealkylation sites (tertiary alicyclic amines) is 1. The molecule has 0 amide bonds. The molecule has 1 saturated heterocycles. The van der Waals surface area contributed by atoms with Crippen LogP contribution in [0, 0.1) is 0 Å². The van der Waals surface area contributed by atoms with Gasteiger partial charge in [0.2, 0.25) is 0 Å². The second-order valence-electron chi connectivity index (χ2n) is 6.58. The highest BCUT2D eigenvalue weighted by molar-refractivity contribution is 7.99. The summed E-state index contributed by atoms with van der Waals surface area (Å²) in [5.74, 6) is 1.08. The predicted molar refractivity (Wildman–Crippen MR) is 102 cm³/mol. The normalized spacial score (nSPS) is 18.7. The fourth-order valence-electron chi connectivity index (χ4n) is 3.50. The zero-order valence-electron chi connectivity index (χ0n) is 14.5. The molecule has 130 valence electrons. The quantitative estimate of drug-likeness (QED) is 0.516. The van der Waals surface area contributed by atoms with Crippen LogP contribution in [0.2, 0.25) is 0 Å². The van der Waals surface area contributed by atoms with Gasteiger partial charge in [0.15, 0.2) is 5.65 Å². The number of nitrogens with zero attached hydrogens (tertiary/aromatic N) is 5. The van der Waals surface area contributed by atoms with Crippen LogP contribution in [0.25, 0.3) is 16.7 Å². The largest absolute Gasteiger partial charge is 0.303 e. The van der Waals surface area contributed by atoms with Crippen LogP contribution < -0.4 is 0 Å². The van der Waals surface area contributed by atoms with Crippen LogP contribution in [0.5, 0.6) is 0 Å². The highest BCUT2D eigenvalue weighted by atomic mass is 32.2. The van der Waals surface area contributed by atoms with E-state index in [1.54, 1.807) is 6.33 Å². The number of fused-ring (bicyclic) bond motifs is 1. The van der Waals surface area contributed by atoms with E-state index in [0.29, 0.717) is 6.04 Å². The molecule has 2 aromatic heterocycles. The van der Waals surface area contributed by atoms with Crippen LogP contribution in [0.4, 0.5) is 0 Å². The number of para-hydroxylation sites is 1. The number of hydrogen-bond donors (Lipinski definition) is 0. The molecule has 4 rings (SSSR count). The number of aromatic nitrogens is 4. The highest BCUT2D eigenvalue weighted by Crippen LogP contribution is 2.28. The van der Waals surface area contributed by atoms with Gasteiger partial charge < -0.3 is 4.90 Å². The molecule has 0 saturated carbocycles. The van der Waals surface area contributed by atoms with Gasteiger partial charge >= 0.3 is 0 Å². The monoisotopic (exact) mass is 353 g/mol. The van der Waals surface area contributed by atoms with Crippen molar-refractivity contribution >= 4 is 22.8 Å². The van der Waals surface area contributed by atoms with E-state index in [2.05, 4.69) is 27.0 Å². The van der Waals surface area contributed by atoms with Crippen LogP contribution >= 0.6 is 11.8 Å². The number of thioether (sulfide) groups is 1. The van der Waals surface area contributed by atoms with E-state index < -0.39 is 0 Å². The van der Waals surface area contributed by atoms with Gasteiger partial charge in [0, 0.05) is 11.8 Å². The smallest absolute Gasteiger partial charge is 0.167 e. The van der Waals surface area contributed by atoms with Crippen LogP contribution in [0.15, 0.2) is 47.9 Å². The number of piperidine rings is 1. The lowest BCUT2D eigenvalue weighted by atomic mass is 10.0. The molecule has 1 fully saturated rings. The molecule has 3 heterocycles. The maximum absolute atomic E-state index is 4.53. The summed E-state index contributed by atoms with van der Waals surface area (Å²) in [5, 5.41) is 6.60. The zero-order chi connectivity index (χ0) is 17.1. The molecular weight excluding hydrogens is 330 g/mol. The third kappa shape index (κ3) is 3.55. The summed E-state index contributed by atoms with van der Waals surface area (Å²) in [7, 11) is 2.25. The predicted octanol–water partition coefficient (Wildman–Crippen LogP) is 3.78. The molecule has 3 aromatic rings. The lowest BCUT2D eigenvalue weighted by Gasteiger charge is -2.32. The van der Waals surface area contributed by atoms with Gasteiger partial charge in [-0.1, -0.05) is 24.6 Å². The van der Waals surface area contributed by atoms with Crippen molar-refractivity contribution in [2.75, 3.05) is 19.3 Å². The number of benzene rings is 1. The van der Waals surface area contributed by atoms with E-state index in [9.17, 15) is 0 Å². The molecule has 6 heteroatoms. The third-order valence-electron chi connectivity index (χ3n) is 4.94. The molecule has 1 aliphatic rings. The molecule has 1 aromatic carbocycles. The van der Waals surface area contributed by atoms with Gasteiger partial charge in [-0.2, -0.15) is 5.10 Å². The summed E-state index contributed by atoms with van der Waals surface area (Å²) in [5.41, 5.74) is 1.90. The summed E-state index contributed by atoms with van der Waals surface area (Å²) in [6.45, 7) is 1.23. The Morgan fingerprint density at radius 3 is 2.88 bits per heavy atom. The number of rotatable bonds is 5. The maximum atomic E-state index is 4.53. The van der Waals surface area contributed by atoms with E-state index in [1.807, 2.05) is 53.0 Å². The van der Waals surface area contributed by atoms with Crippen molar-refractivity contribution in [2.24, 2.45) is 0 Å². The summed E-state index contributed by atoms with van der Waals surface area (Å²) in [4.78, 5) is 11.5. The first-order chi connectivity index (χ1) is 12.3. The standard InChI is InChI=1S/C19H23N5S/c1-23-11-6-5-7-15(23)10-12-25-19-17-13-22-24(18(17)20-14-21-19)16-8-3-2-4-9-16/h2-4,8-9,13-15H,5-7,10-12H2,1H3/t15-/m1/s1. The van der Waals surface area contributed by atoms with Gasteiger partial charge in [-0.05, 0) is 45.0 Å². The van der Waals surface area contributed by atoms with Crippen molar-refractivity contribution in [1.29, 1.82) is 0 Å². The molecule has 25 heavy (non-hydrogen) atoms. The molecule has 1 aliphatic heterocycles. The van der Waals surface area contributed by atoms with Crippen LogP contribution in [0.3, 0.4) is 0 Å². The van der Waals surface area contributed by atoms with Crippen LogP contribution in [-0.4, -0.2) is 50.0 Å². The van der Waals surface area contributed by atoms with E-state index in [-0.39, 0.29) is 0 Å². The van der Waals surface area contributed by atoms with Gasteiger partial charge in [0.25, 0.3) is 0 Å². The summed E-state index contributed by atoms with van der Waals surface area (Å²) >= 11 is 1.82. The minimum Gasteiger partial charge on any atom is -0.303 e. The first-order valence-corrected chi connectivity index (χ1v) is 9.88. The molecule has 0 radical (unpaired) electrons. The van der Waals surface area contributed by atoms with Crippen molar-refractivity contribution in [2.45, 2.75) is 36.8 Å². The molecule has 0 aliphatic carbocycles. The van der Waals surface area contributed by atoms with Crippen molar-refractivity contribution in [3.05, 3.63) is 42.9 Å². The molecule has 0 unspecified atom stereocenters. The van der Waals surface area contributed by atoms with Gasteiger partial charge in [-0.15, -0.1) is 11.8 Å². The first-order valence-electron chi connectivity index (χ1n) is 8.90. The third-order valence-corrected chi connectivity index (χ3v) is 5.98. The lowest BCUT2D eigenvalue weighted by molar-refractivity contribution is 0.182. The Kier molecular flexibility index (Phi) is 4.99. The first kappa shape index (κ1) is 16.5. The minimum atomic E-state index is 0.714. The van der Waals surface area contributed by atoms with E-state index in [0.717, 1.165) is 27.5 Å². The topological polar surface area (TPSA) is 46.8 Å². The van der Waals surface area contributed by atoms with Crippen molar-refractivity contribution in [1.82, 2.24) is 24.6 Å². The average Bonchev–Trinajstić information content (AvgIpc) is 3.09. The minimum absolute atomic E-state index is 0.714. The van der Waals surface area contributed by atoms with Crippen molar-refractivity contribution in [3.8, 4) is 5.69 Å². The van der Waals surface area contributed by atoms with Gasteiger partial charge in [-0.3, -0.25) is 0 Å². The maximum Gasteiger partial charge on any atom is 0.167 e. The van der Waals surface area contributed by atoms with E-state index in [4.69, 9.17) is 0 Å². The lowest BCUT2D eigenvalue weighted by Crippen LogP contribution is -2.36. The summed E-state index contributed by atoms with van der Waals surface area (Å²) < 4.78 is 1.88. The van der Waals surface area contributed by atoms with Crippen LogP contribution in [0.1, 0.15) is 25.7 Å². The summed E-state index contributed by atoms with van der Waals surface area (Å²) in [6, 6.07) is 10.8. The van der Waals surface area contributed by atoms with E-state index >= 15 is 0 Å². The van der Waals surface area contributed by atoms with Gasteiger partial charge in [0.1, 0.15) is 11.4 Å². The Hall–Kier alpha value is -1.92. The Morgan fingerprint density at radius 2 is 2.04 bits per heavy atom. The SMILES string of the molecule is CN1CCCC[C@@H]1CCSc1ncnc2c1cnn2-c1ccccc1. The Morgan fingerprint density at radius 1 is 1.16 bits per heavy atom. The average molecular weight is 353 g/mol. The van der Waals surface area contributed by atoms with Gasteiger partial charge in [0.05, 0.1) is 17.3 Å². The van der Waals surface area contributed by atoms with Gasteiger partial charge in [-0.25, -0.2) is 14.6 Å². The fraction of sp³-hybridized carbons (Fsp3) is 0.421. The van der Waals surface area contributed by atoms with Crippen LogP contribution in [-0.2, 0) is 0 Å². The molecule has 0 bridgehead atoms.